The van der Waals surface area contributed by atoms with Gasteiger partial charge in [0.15, 0.2) is 0 Å². The van der Waals surface area contributed by atoms with Crippen molar-refractivity contribution in [3.63, 3.8) is 0 Å². The second-order valence-electron chi connectivity index (χ2n) is 6.41. The van der Waals surface area contributed by atoms with Crippen LogP contribution in [-0.4, -0.2) is 48.8 Å². The number of hydrogen-bond donors (Lipinski definition) is 2. The summed E-state index contributed by atoms with van der Waals surface area (Å²) in [5.74, 6) is 0. The number of aliphatic hydroxyl groups excluding tert-OH is 1. The Labute approximate surface area is 100 Å². The van der Waals surface area contributed by atoms with Crippen molar-refractivity contribution in [2.45, 2.75) is 52.1 Å². The maximum atomic E-state index is 9.27. The fourth-order valence-corrected chi connectivity index (χ4v) is 2.08. The summed E-state index contributed by atoms with van der Waals surface area (Å²) in [4.78, 5) is 2.36. The molecule has 0 heterocycles. The van der Waals surface area contributed by atoms with Gasteiger partial charge in [-0.1, -0.05) is 20.8 Å². The third-order valence-corrected chi connectivity index (χ3v) is 2.87. The predicted molar refractivity (Wildman–Crippen MR) is 68.6 cm³/mol. The lowest BCUT2D eigenvalue weighted by atomic mass is 9.96. The number of nitrogens with one attached hydrogen (secondary N) is 1. The van der Waals surface area contributed by atoms with Gasteiger partial charge in [-0.25, -0.2) is 0 Å². The number of aliphatic hydroxyl groups is 1. The van der Waals surface area contributed by atoms with Crippen LogP contribution < -0.4 is 5.32 Å². The van der Waals surface area contributed by atoms with Gasteiger partial charge < -0.3 is 15.3 Å². The van der Waals surface area contributed by atoms with Gasteiger partial charge in [0.25, 0.3) is 0 Å². The molecule has 3 nitrogen and oxygen atoms in total. The molecule has 1 aliphatic rings. The fraction of sp³-hybridized carbons (Fsp3) is 1.00. The summed E-state index contributed by atoms with van der Waals surface area (Å²) in [6, 6.07) is 0.972. The SMILES string of the molecule is CN(CCC(CO)NC1CC1)CC(C)(C)C. The zero-order chi connectivity index (χ0) is 12.2. The van der Waals surface area contributed by atoms with Crippen molar-refractivity contribution in [3.8, 4) is 0 Å². The monoisotopic (exact) mass is 228 g/mol. The van der Waals surface area contributed by atoms with Crippen LogP contribution in [0.1, 0.15) is 40.0 Å². The molecule has 2 N–H and O–H groups in total. The van der Waals surface area contributed by atoms with Crippen molar-refractivity contribution in [2.24, 2.45) is 5.41 Å². The van der Waals surface area contributed by atoms with Crippen molar-refractivity contribution < 1.29 is 5.11 Å². The van der Waals surface area contributed by atoms with Crippen LogP contribution in [0.2, 0.25) is 0 Å². The molecule has 0 aromatic carbocycles. The molecule has 0 radical (unpaired) electrons. The van der Waals surface area contributed by atoms with Gasteiger partial charge in [0.05, 0.1) is 6.61 Å². The van der Waals surface area contributed by atoms with Crippen LogP contribution in [0.3, 0.4) is 0 Å². The first-order chi connectivity index (χ1) is 7.40. The van der Waals surface area contributed by atoms with Crippen molar-refractivity contribution in [3.05, 3.63) is 0 Å². The highest BCUT2D eigenvalue weighted by molar-refractivity contribution is 4.85. The number of nitrogens with zero attached hydrogens (tertiary/aromatic N) is 1. The third kappa shape index (κ3) is 6.46. The molecule has 0 amide bonds. The molecule has 0 aliphatic heterocycles. The van der Waals surface area contributed by atoms with E-state index in [1.165, 1.54) is 12.8 Å². The Morgan fingerprint density at radius 2 is 2.00 bits per heavy atom. The minimum absolute atomic E-state index is 0.264. The molecular weight excluding hydrogens is 200 g/mol. The van der Waals surface area contributed by atoms with Gasteiger partial charge in [-0.15, -0.1) is 0 Å². The highest BCUT2D eigenvalue weighted by atomic mass is 16.3. The molecule has 0 saturated heterocycles. The molecule has 3 heteroatoms. The second-order valence-corrected chi connectivity index (χ2v) is 6.41. The standard InChI is InChI=1S/C13H28N2O/c1-13(2,3)10-15(4)8-7-12(9-16)14-11-5-6-11/h11-12,14,16H,5-10H2,1-4H3. The summed E-state index contributed by atoms with van der Waals surface area (Å²) in [6.07, 6.45) is 3.61. The van der Waals surface area contributed by atoms with E-state index in [9.17, 15) is 5.11 Å². The number of hydrogen-bond acceptors (Lipinski definition) is 3. The zero-order valence-corrected chi connectivity index (χ0v) is 11.3. The summed E-state index contributed by atoms with van der Waals surface area (Å²) < 4.78 is 0. The van der Waals surface area contributed by atoms with E-state index in [4.69, 9.17) is 0 Å². The Balaban J connectivity index is 2.15. The van der Waals surface area contributed by atoms with E-state index in [0.29, 0.717) is 11.5 Å². The van der Waals surface area contributed by atoms with Crippen molar-refractivity contribution in [1.82, 2.24) is 10.2 Å². The molecule has 96 valence electrons. The molecule has 1 unspecified atom stereocenters. The Hall–Kier alpha value is -0.120. The van der Waals surface area contributed by atoms with Crippen LogP contribution in [0.5, 0.6) is 0 Å². The van der Waals surface area contributed by atoms with Crippen LogP contribution in [0.15, 0.2) is 0 Å². The van der Waals surface area contributed by atoms with E-state index in [1.807, 2.05) is 0 Å². The first-order valence-corrected chi connectivity index (χ1v) is 6.46. The maximum Gasteiger partial charge on any atom is 0.0585 e. The van der Waals surface area contributed by atoms with Crippen LogP contribution in [0.25, 0.3) is 0 Å². The first-order valence-electron chi connectivity index (χ1n) is 6.46. The summed E-state index contributed by atoms with van der Waals surface area (Å²) in [5, 5.41) is 12.7. The van der Waals surface area contributed by atoms with E-state index < -0.39 is 0 Å². The van der Waals surface area contributed by atoms with Crippen LogP contribution in [0.4, 0.5) is 0 Å². The summed E-state index contributed by atoms with van der Waals surface area (Å²) in [6.45, 7) is 9.21. The molecule has 0 spiro atoms. The molecular formula is C13H28N2O. The van der Waals surface area contributed by atoms with Gasteiger partial charge >= 0.3 is 0 Å². The molecule has 16 heavy (non-hydrogen) atoms. The third-order valence-electron chi connectivity index (χ3n) is 2.87. The normalized spacial score (nSPS) is 19.1. The molecule has 1 atom stereocenters. The minimum Gasteiger partial charge on any atom is -0.395 e. The number of rotatable bonds is 7. The summed E-state index contributed by atoms with van der Waals surface area (Å²) >= 11 is 0. The lowest BCUT2D eigenvalue weighted by molar-refractivity contribution is 0.191. The molecule has 0 aromatic rings. The fourth-order valence-electron chi connectivity index (χ4n) is 2.08. The topological polar surface area (TPSA) is 35.5 Å². The lowest BCUT2D eigenvalue weighted by Gasteiger charge is -2.27. The van der Waals surface area contributed by atoms with Crippen LogP contribution in [-0.2, 0) is 0 Å². The Kier molecular flexibility index (Phi) is 5.22. The first kappa shape index (κ1) is 13.9. The average molecular weight is 228 g/mol. The molecule has 1 rings (SSSR count). The summed E-state index contributed by atoms with van der Waals surface area (Å²) in [7, 11) is 2.16. The zero-order valence-electron chi connectivity index (χ0n) is 11.3. The Morgan fingerprint density at radius 1 is 1.38 bits per heavy atom. The molecule has 1 aliphatic carbocycles. The minimum atomic E-state index is 0.264. The molecule has 0 bridgehead atoms. The highest BCUT2D eigenvalue weighted by Crippen LogP contribution is 2.20. The van der Waals surface area contributed by atoms with E-state index in [-0.39, 0.29) is 12.6 Å². The summed E-state index contributed by atoms with van der Waals surface area (Å²) in [5.41, 5.74) is 0.355. The molecule has 1 saturated carbocycles. The average Bonchev–Trinajstić information content (AvgIpc) is 2.92. The van der Waals surface area contributed by atoms with Crippen molar-refractivity contribution >= 4 is 0 Å². The van der Waals surface area contributed by atoms with Crippen LogP contribution in [0, 0.1) is 5.41 Å². The Bertz CT molecular complexity index is 197. The quantitative estimate of drug-likeness (QED) is 0.692. The maximum absolute atomic E-state index is 9.27. The van der Waals surface area contributed by atoms with Gasteiger partial charge in [-0.2, -0.15) is 0 Å². The van der Waals surface area contributed by atoms with E-state index in [1.54, 1.807) is 0 Å². The highest BCUT2D eigenvalue weighted by Gasteiger charge is 2.24. The van der Waals surface area contributed by atoms with Gasteiger partial charge in [-0.05, 0) is 38.3 Å². The van der Waals surface area contributed by atoms with Gasteiger partial charge in [0, 0.05) is 18.6 Å². The van der Waals surface area contributed by atoms with Crippen molar-refractivity contribution in [2.75, 3.05) is 26.7 Å². The molecule has 0 aromatic heterocycles. The largest absolute Gasteiger partial charge is 0.395 e. The van der Waals surface area contributed by atoms with E-state index >= 15 is 0 Å². The van der Waals surface area contributed by atoms with Gasteiger partial charge in [-0.3, -0.25) is 0 Å². The van der Waals surface area contributed by atoms with E-state index in [2.05, 4.69) is 38.0 Å². The van der Waals surface area contributed by atoms with Crippen molar-refractivity contribution in [1.29, 1.82) is 0 Å². The Morgan fingerprint density at radius 3 is 2.44 bits per heavy atom. The van der Waals surface area contributed by atoms with Crippen LogP contribution >= 0.6 is 0 Å². The lowest BCUT2D eigenvalue weighted by Crippen LogP contribution is -2.38. The van der Waals surface area contributed by atoms with Gasteiger partial charge in [0.2, 0.25) is 0 Å². The van der Waals surface area contributed by atoms with E-state index in [0.717, 1.165) is 19.5 Å². The second kappa shape index (κ2) is 5.99. The van der Waals surface area contributed by atoms with Gasteiger partial charge in [0.1, 0.15) is 0 Å². The smallest absolute Gasteiger partial charge is 0.0585 e. The molecule has 1 fully saturated rings. The predicted octanol–water partition coefficient (Wildman–Crippen LogP) is 1.47.